The molecular weight excluding hydrogens is 341 g/mol. The lowest BCUT2D eigenvalue weighted by atomic mass is 10.2. The van der Waals surface area contributed by atoms with E-state index in [4.69, 9.17) is 4.74 Å². The molecule has 0 heterocycles. The van der Waals surface area contributed by atoms with E-state index >= 15 is 0 Å². The fourth-order valence-electron chi connectivity index (χ4n) is 2.61. The van der Waals surface area contributed by atoms with Gasteiger partial charge in [0.15, 0.2) is 5.96 Å². The molecule has 0 amide bonds. The summed E-state index contributed by atoms with van der Waals surface area (Å²) in [6.07, 6.45) is 2.94. The molecule has 0 bridgehead atoms. The van der Waals surface area contributed by atoms with Crippen molar-refractivity contribution in [2.24, 2.45) is 4.99 Å². The highest BCUT2D eigenvalue weighted by molar-refractivity contribution is 5.79. The molecule has 27 heavy (non-hydrogen) atoms. The van der Waals surface area contributed by atoms with Crippen LogP contribution in [-0.4, -0.2) is 32.3 Å². The van der Waals surface area contributed by atoms with Gasteiger partial charge < -0.3 is 15.4 Å². The summed E-state index contributed by atoms with van der Waals surface area (Å²) in [5.74, 6) is 0.496. The van der Waals surface area contributed by atoms with Crippen molar-refractivity contribution in [3.8, 4) is 0 Å². The van der Waals surface area contributed by atoms with Gasteiger partial charge in [-0.05, 0) is 37.8 Å². The molecule has 4 nitrogen and oxygen atoms in total. The summed E-state index contributed by atoms with van der Waals surface area (Å²) < 4.78 is 19.4. The number of guanidine groups is 1. The molecule has 146 valence electrons. The Morgan fingerprint density at radius 2 is 1.74 bits per heavy atom. The maximum Gasteiger partial charge on any atom is 0.191 e. The van der Waals surface area contributed by atoms with Crippen molar-refractivity contribution in [1.82, 2.24) is 10.6 Å². The fourth-order valence-corrected chi connectivity index (χ4v) is 2.61. The van der Waals surface area contributed by atoms with E-state index in [0.717, 1.165) is 45.6 Å². The average Bonchev–Trinajstić information content (AvgIpc) is 2.70. The van der Waals surface area contributed by atoms with E-state index < -0.39 is 0 Å². The number of aliphatic imine (C=N–C) groups is 1. The Bertz CT molecular complexity index is 676. The Labute approximate surface area is 161 Å². The Kier molecular flexibility index (Phi) is 9.97. The van der Waals surface area contributed by atoms with Crippen LogP contribution in [0, 0.1) is 5.82 Å². The Morgan fingerprint density at radius 1 is 0.963 bits per heavy atom. The predicted octanol–water partition coefficient (Wildman–Crippen LogP) is 3.92. The van der Waals surface area contributed by atoms with Crippen molar-refractivity contribution >= 4 is 5.96 Å². The molecule has 0 aliphatic heterocycles. The Hall–Kier alpha value is -2.40. The minimum absolute atomic E-state index is 0.218. The smallest absolute Gasteiger partial charge is 0.191 e. The summed E-state index contributed by atoms with van der Waals surface area (Å²) in [5, 5.41) is 6.47. The number of hydrogen-bond donors (Lipinski definition) is 2. The molecule has 2 N–H and O–H groups in total. The van der Waals surface area contributed by atoms with Gasteiger partial charge in [0.25, 0.3) is 0 Å². The highest BCUT2D eigenvalue weighted by Gasteiger charge is 2.01. The maximum atomic E-state index is 13.7. The van der Waals surface area contributed by atoms with Gasteiger partial charge in [-0.3, -0.25) is 0 Å². The zero-order chi connectivity index (χ0) is 19.2. The fraction of sp³-hybridized carbons (Fsp3) is 0.409. The first-order valence-electron chi connectivity index (χ1n) is 9.67. The first-order chi connectivity index (χ1) is 13.3. The first kappa shape index (κ1) is 20.9. The van der Waals surface area contributed by atoms with Gasteiger partial charge in [0.05, 0.1) is 13.2 Å². The van der Waals surface area contributed by atoms with Crippen LogP contribution < -0.4 is 10.6 Å². The molecule has 0 aliphatic carbocycles. The van der Waals surface area contributed by atoms with Crippen molar-refractivity contribution in [2.45, 2.75) is 32.7 Å². The van der Waals surface area contributed by atoms with E-state index in [1.54, 1.807) is 12.1 Å². The van der Waals surface area contributed by atoms with E-state index in [9.17, 15) is 4.39 Å². The molecule has 0 unspecified atom stereocenters. The minimum Gasteiger partial charge on any atom is -0.381 e. The molecule has 0 radical (unpaired) electrons. The van der Waals surface area contributed by atoms with Gasteiger partial charge in [-0.25, -0.2) is 9.38 Å². The lowest BCUT2D eigenvalue weighted by Crippen LogP contribution is -2.37. The van der Waals surface area contributed by atoms with E-state index in [1.165, 1.54) is 11.6 Å². The van der Waals surface area contributed by atoms with E-state index in [-0.39, 0.29) is 5.82 Å². The van der Waals surface area contributed by atoms with Crippen LogP contribution in [0.25, 0.3) is 0 Å². The second-order valence-corrected chi connectivity index (χ2v) is 6.27. The summed E-state index contributed by atoms with van der Waals surface area (Å²) >= 11 is 0. The van der Waals surface area contributed by atoms with Crippen molar-refractivity contribution < 1.29 is 9.13 Å². The minimum atomic E-state index is -0.218. The van der Waals surface area contributed by atoms with Crippen LogP contribution in [0.1, 0.15) is 30.9 Å². The third kappa shape index (κ3) is 8.69. The van der Waals surface area contributed by atoms with Crippen molar-refractivity contribution in [3.05, 3.63) is 71.5 Å². The molecule has 2 rings (SSSR count). The van der Waals surface area contributed by atoms with E-state index in [2.05, 4.69) is 39.9 Å². The average molecular weight is 372 g/mol. The summed E-state index contributed by atoms with van der Waals surface area (Å²) in [6.45, 7) is 5.43. The predicted molar refractivity (Wildman–Crippen MR) is 109 cm³/mol. The molecule has 5 heteroatoms. The number of nitrogens with zero attached hydrogens (tertiary/aromatic N) is 1. The summed E-state index contributed by atoms with van der Waals surface area (Å²) in [5.41, 5.74) is 1.90. The molecular formula is C22H30FN3O. The van der Waals surface area contributed by atoms with Gasteiger partial charge in [0.2, 0.25) is 0 Å². The van der Waals surface area contributed by atoms with Crippen LogP contribution in [0.3, 0.4) is 0 Å². The number of rotatable bonds is 11. The van der Waals surface area contributed by atoms with Gasteiger partial charge in [-0.15, -0.1) is 0 Å². The molecule has 0 saturated carbocycles. The largest absolute Gasteiger partial charge is 0.381 e. The second kappa shape index (κ2) is 12.9. The van der Waals surface area contributed by atoms with Crippen LogP contribution in [0.5, 0.6) is 0 Å². The Morgan fingerprint density at radius 3 is 2.52 bits per heavy atom. The third-order valence-electron chi connectivity index (χ3n) is 4.10. The highest BCUT2D eigenvalue weighted by Crippen LogP contribution is 2.07. The van der Waals surface area contributed by atoms with Gasteiger partial charge in [0.1, 0.15) is 5.82 Å². The van der Waals surface area contributed by atoms with Crippen molar-refractivity contribution in [3.63, 3.8) is 0 Å². The number of benzene rings is 2. The molecule has 0 aliphatic rings. The number of ether oxygens (including phenoxy) is 1. The molecule has 2 aromatic carbocycles. The molecule has 0 atom stereocenters. The van der Waals surface area contributed by atoms with Crippen LogP contribution >= 0.6 is 0 Å². The van der Waals surface area contributed by atoms with E-state index in [0.29, 0.717) is 18.1 Å². The molecule has 0 aromatic heterocycles. The summed E-state index contributed by atoms with van der Waals surface area (Å²) in [6, 6.07) is 17.1. The summed E-state index contributed by atoms with van der Waals surface area (Å²) in [7, 11) is 0. The monoisotopic (exact) mass is 371 g/mol. The van der Waals surface area contributed by atoms with Crippen LogP contribution in [-0.2, 0) is 17.7 Å². The van der Waals surface area contributed by atoms with Crippen LogP contribution in [0.15, 0.2) is 59.6 Å². The van der Waals surface area contributed by atoms with Gasteiger partial charge in [0, 0.05) is 25.3 Å². The number of nitrogens with one attached hydrogen (secondary N) is 2. The number of hydrogen-bond acceptors (Lipinski definition) is 2. The Balaban J connectivity index is 1.59. The zero-order valence-electron chi connectivity index (χ0n) is 16.1. The molecule has 0 spiro atoms. The molecule has 2 aromatic rings. The lowest BCUT2D eigenvalue weighted by molar-refractivity contribution is 0.133. The van der Waals surface area contributed by atoms with Crippen LogP contribution in [0.4, 0.5) is 4.39 Å². The third-order valence-corrected chi connectivity index (χ3v) is 4.10. The standard InChI is InChI=1S/C22H30FN3O/c1-2-24-22(26-18-20-12-6-7-13-21(20)23)25-15-8-9-16-27-17-14-19-10-4-3-5-11-19/h3-7,10-13H,2,8-9,14-18H2,1H3,(H2,24,25,26). The zero-order valence-corrected chi connectivity index (χ0v) is 16.1. The van der Waals surface area contributed by atoms with Crippen molar-refractivity contribution in [1.29, 1.82) is 0 Å². The van der Waals surface area contributed by atoms with Crippen LogP contribution in [0.2, 0.25) is 0 Å². The van der Waals surface area contributed by atoms with Gasteiger partial charge in [-0.2, -0.15) is 0 Å². The topological polar surface area (TPSA) is 45.7 Å². The highest BCUT2D eigenvalue weighted by atomic mass is 19.1. The first-order valence-corrected chi connectivity index (χ1v) is 9.67. The second-order valence-electron chi connectivity index (χ2n) is 6.27. The normalized spacial score (nSPS) is 11.4. The SMILES string of the molecule is CCNC(=NCc1ccccc1F)NCCCCOCCc1ccccc1. The molecule has 0 saturated heterocycles. The lowest BCUT2D eigenvalue weighted by Gasteiger charge is -2.11. The maximum absolute atomic E-state index is 13.7. The quantitative estimate of drug-likeness (QED) is 0.357. The summed E-state index contributed by atoms with van der Waals surface area (Å²) in [4.78, 5) is 4.45. The number of unbranched alkanes of at least 4 members (excludes halogenated alkanes) is 1. The van der Waals surface area contributed by atoms with Gasteiger partial charge >= 0.3 is 0 Å². The van der Waals surface area contributed by atoms with Gasteiger partial charge in [-0.1, -0.05) is 48.5 Å². The van der Waals surface area contributed by atoms with Crippen molar-refractivity contribution in [2.75, 3.05) is 26.3 Å². The number of halogens is 1. The van der Waals surface area contributed by atoms with E-state index in [1.807, 2.05) is 19.1 Å². The molecule has 0 fully saturated rings.